The van der Waals surface area contributed by atoms with Crippen LogP contribution in [0.4, 0.5) is 4.39 Å². The van der Waals surface area contributed by atoms with Gasteiger partial charge in [-0.1, -0.05) is 19.1 Å². The molecular weight excluding hydrogens is 201 g/mol. The van der Waals surface area contributed by atoms with Crippen molar-refractivity contribution in [1.29, 1.82) is 0 Å². The summed E-state index contributed by atoms with van der Waals surface area (Å²) in [5, 5.41) is 3.45. The van der Waals surface area contributed by atoms with Gasteiger partial charge in [0.05, 0.1) is 0 Å². The molecule has 0 saturated heterocycles. The van der Waals surface area contributed by atoms with Crippen molar-refractivity contribution in [3.8, 4) is 0 Å². The number of hydrogen-bond acceptors (Lipinski definition) is 1. The van der Waals surface area contributed by atoms with Gasteiger partial charge in [0.1, 0.15) is 5.82 Å². The molecule has 0 unspecified atom stereocenters. The molecule has 88 valence electrons. The van der Waals surface area contributed by atoms with Crippen molar-refractivity contribution in [2.45, 2.75) is 45.6 Å². The minimum absolute atomic E-state index is 0.0497. The second-order valence-electron chi connectivity index (χ2n) is 4.89. The molecule has 0 atom stereocenters. The molecule has 0 aliphatic heterocycles. The summed E-state index contributed by atoms with van der Waals surface area (Å²) in [5.41, 5.74) is 2.87. The summed E-state index contributed by atoms with van der Waals surface area (Å²) in [7, 11) is 0. The van der Waals surface area contributed by atoms with E-state index in [1.807, 2.05) is 26.0 Å². The summed E-state index contributed by atoms with van der Waals surface area (Å²) in [6.07, 6.45) is 2.39. The van der Waals surface area contributed by atoms with Gasteiger partial charge in [-0.15, -0.1) is 0 Å². The monoisotopic (exact) mass is 221 g/mol. The number of aryl methyl sites for hydroxylation is 2. The SMILES string of the molecule is CCNC1CC(c2cc(C)c(F)c(C)c2)C1. The molecular formula is C14H20FN. The predicted molar refractivity (Wildman–Crippen MR) is 65.3 cm³/mol. The van der Waals surface area contributed by atoms with E-state index >= 15 is 0 Å². The third kappa shape index (κ3) is 2.12. The maximum absolute atomic E-state index is 13.5. The van der Waals surface area contributed by atoms with Crippen molar-refractivity contribution in [3.05, 3.63) is 34.6 Å². The van der Waals surface area contributed by atoms with E-state index in [1.54, 1.807) is 0 Å². The molecule has 1 aliphatic carbocycles. The second-order valence-corrected chi connectivity index (χ2v) is 4.89. The Bertz CT molecular complexity index is 357. The first kappa shape index (κ1) is 11.6. The van der Waals surface area contributed by atoms with Crippen LogP contribution >= 0.6 is 0 Å². The van der Waals surface area contributed by atoms with E-state index in [1.165, 1.54) is 18.4 Å². The third-order valence-electron chi connectivity index (χ3n) is 3.56. The van der Waals surface area contributed by atoms with Crippen molar-refractivity contribution in [1.82, 2.24) is 5.32 Å². The summed E-state index contributed by atoms with van der Waals surface area (Å²) in [5.74, 6) is 0.577. The van der Waals surface area contributed by atoms with Crippen LogP contribution in [0.2, 0.25) is 0 Å². The largest absolute Gasteiger partial charge is 0.314 e. The van der Waals surface area contributed by atoms with E-state index in [4.69, 9.17) is 0 Å². The lowest BCUT2D eigenvalue weighted by Crippen LogP contribution is -2.39. The van der Waals surface area contributed by atoms with E-state index < -0.39 is 0 Å². The molecule has 1 aromatic carbocycles. The lowest BCUT2D eigenvalue weighted by Gasteiger charge is -2.36. The average molecular weight is 221 g/mol. The van der Waals surface area contributed by atoms with Crippen LogP contribution in [0.25, 0.3) is 0 Å². The van der Waals surface area contributed by atoms with E-state index in [0.717, 1.165) is 17.7 Å². The zero-order valence-corrected chi connectivity index (χ0v) is 10.3. The first-order valence-electron chi connectivity index (χ1n) is 6.11. The summed E-state index contributed by atoms with van der Waals surface area (Å²) in [6, 6.07) is 4.69. The van der Waals surface area contributed by atoms with Crippen LogP contribution in [0, 0.1) is 19.7 Å². The van der Waals surface area contributed by atoms with Crippen LogP contribution in [0.1, 0.15) is 42.4 Å². The van der Waals surface area contributed by atoms with Gasteiger partial charge in [0.2, 0.25) is 0 Å². The van der Waals surface area contributed by atoms with Gasteiger partial charge in [-0.2, -0.15) is 0 Å². The summed E-state index contributed by atoms with van der Waals surface area (Å²) in [4.78, 5) is 0. The molecule has 0 radical (unpaired) electrons. The first-order valence-corrected chi connectivity index (χ1v) is 6.11. The molecule has 0 heterocycles. The van der Waals surface area contributed by atoms with Gasteiger partial charge in [-0.25, -0.2) is 4.39 Å². The smallest absolute Gasteiger partial charge is 0.129 e. The molecule has 1 aliphatic rings. The van der Waals surface area contributed by atoms with Gasteiger partial charge in [-0.05, 0) is 55.8 Å². The lowest BCUT2D eigenvalue weighted by atomic mass is 9.75. The lowest BCUT2D eigenvalue weighted by molar-refractivity contribution is 0.295. The molecule has 2 rings (SSSR count). The van der Waals surface area contributed by atoms with Gasteiger partial charge in [-0.3, -0.25) is 0 Å². The summed E-state index contributed by atoms with van der Waals surface area (Å²) < 4.78 is 13.5. The van der Waals surface area contributed by atoms with Crippen molar-refractivity contribution in [2.75, 3.05) is 6.54 Å². The van der Waals surface area contributed by atoms with Crippen molar-refractivity contribution in [3.63, 3.8) is 0 Å². The zero-order chi connectivity index (χ0) is 11.7. The number of hydrogen-bond donors (Lipinski definition) is 1. The fourth-order valence-corrected chi connectivity index (χ4v) is 2.56. The Kier molecular flexibility index (Phi) is 3.29. The van der Waals surface area contributed by atoms with Crippen LogP contribution in [0.5, 0.6) is 0 Å². The number of rotatable bonds is 3. The van der Waals surface area contributed by atoms with Crippen LogP contribution in [-0.2, 0) is 0 Å². The highest BCUT2D eigenvalue weighted by atomic mass is 19.1. The maximum Gasteiger partial charge on any atom is 0.129 e. The van der Waals surface area contributed by atoms with Gasteiger partial charge >= 0.3 is 0 Å². The Balaban J connectivity index is 2.07. The highest BCUT2D eigenvalue weighted by Crippen LogP contribution is 2.37. The minimum Gasteiger partial charge on any atom is -0.314 e. The van der Waals surface area contributed by atoms with E-state index in [2.05, 4.69) is 12.2 Å². The molecule has 0 spiro atoms. The summed E-state index contributed by atoms with van der Waals surface area (Å²) in [6.45, 7) is 6.89. The number of nitrogens with one attached hydrogen (secondary N) is 1. The fraction of sp³-hybridized carbons (Fsp3) is 0.571. The highest BCUT2D eigenvalue weighted by Gasteiger charge is 2.29. The Morgan fingerprint density at radius 2 is 1.81 bits per heavy atom. The first-order chi connectivity index (χ1) is 7.61. The summed E-state index contributed by atoms with van der Waals surface area (Å²) >= 11 is 0. The number of benzene rings is 1. The van der Waals surface area contributed by atoms with Crippen molar-refractivity contribution in [2.24, 2.45) is 0 Å². The predicted octanol–water partition coefficient (Wildman–Crippen LogP) is 3.30. The van der Waals surface area contributed by atoms with Crippen molar-refractivity contribution >= 4 is 0 Å². The molecule has 1 saturated carbocycles. The van der Waals surface area contributed by atoms with E-state index in [-0.39, 0.29) is 5.82 Å². The Labute approximate surface area is 97.1 Å². The van der Waals surface area contributed by atoms with Crippen LogP contribution < -0.4 is 5.32 Å². The quantitative estimate of drug-likeness (QED) is 0.825. The van der Waals surface area contributed by atoms with Gasteiger partial charge in [0, 0.05) is 6.04 Å². The number of halogens is 1. The molecule has 0 aromatic heterocycles. The molecule has 0 amide bonds. The Morgan fingerprint density at radius 3 is 2.31 bits per heavy atom. The van der Waals surface area contributed by atoms with Crippen molar-refractivity contribution < 1.29 is 4.39 Å². The zero-order valence-electron chi connectivity index (χ0n) is 10.3. The Morgan fingerprint density at radius 1 is 1.25 bits per heavy atom. The molecule has 2 heteroatoms. The fourth-order valence-electron chi connectivity index (χ4n) is 2.56. The molecule has 1 nitrogen and oxygen atoms in total. The molecule has 16 heavy (non-hydrogen) atoms. The van der Waals surface area contributed by atoms with Gasteiger partial charge in [0.15, 0.2) is 0 Å². The topological polar surface area (TPSA) is 12.0 Å². The van der Waals surface area contributed by atoms with Crippen LogP contribution in [-0.4, -0.2) is 12.6 Å². The minimum atomic E-state index is -0.0497. The van der Waals surface area contributed by atoms with Crippen LogP contribution in [0.3, 0.4) is 0 Å². The van der Waals surface area contributed by atoms with E-state index in [9.17, 15) is 4.39 Å². The molecule has 1 fully saturated rings. The third-order valence-corrected chi connectivity index (χ3v) is 3.56. The van der Waals surface area contributed by atoms with Gasteiger partial charge < -0.3 is 5.32 Å². The standard InChI is InChI=1S/C14H20FN/c1-4-16-13-7-12(8-13)11-5-9(2)14(15)10(3)6-11/h5-6,12-13,16H,4,7-8H2,1-3H3. The van der Waals surface area contributed by atoms with Crippen LogP contribution in [0.15, 0.2) is 12.1 Å². The molecule has 1 N–H and O–H groups in total. The maximum atomic E-state index is 13.5. The average Bonchev–Trinajstić information content (AvgIpc) is 2.18. The van der Waals surface area contributed by atoms with Gasteiger partial charge in [0.25, 0.3) is 0 Å². The molecule has 1 aromatic rings. The second kappa shape index (κ2) is 4.54. The normalized spacial score (nSPS) is 24.2. The highest BCUT2D eigenvalue weighted by molar-refractivity contribution is 5.34. The van der Waals surface area contributed by atoms with E-state index in [0.29, 0.717) is 12.0 Å². The molecule has 0 bridgehead atoms. The Hall–Kier alpha value is -0.890.